The van der Waals surface area contributed by atoms with Gasteiger partial charge in [-0.1, -0.05) is 0 Å². The molecule has 0 fully saturated rings. The first-order chi connectivity index (χ1) is 14.1. The minimum atomic E-state index is -0.449. The molecule has 0 unspecified atom stereocenters. The average Bonchev–Trinajstić information content (AvgIpc) is 3.07. The van der Waals surface area contributed by atoms with Gasteiger partial charge in [-0.3, -0.25) is 10.1 Å². The summed E-state index contributed by atoms with van der Waals surface area (Å²) in [7, 11) is 1.59. The number of nitrogen functional groups attached to an aromatic ring is 1. The van der Waals surface area contributed by atoms with Crippen molar-refractivity contribution in [2.75, 3.05) is 12.8 Å². The highest BCUT2D eigenvalue weighted by atomic mass is 16.6. The number of rotatable bonds is 5. The summed E-state index contributed by atoms with van der Waals surface area (Å²) in [4.78, 5) is 14.7. The zero-order chi connectivity index (χ0) is 20.4. The number of hydrogen-bond donors (Lipinski definition) is 1. The lowest BCUT2D eigenvalue weighted by molar-refractivity contribution is -0.384. The zero-order valence-corrected chi connectivity index (χ0v) is 15.3. The predicted molar refractivity (Wildman–Crippen MR) is 107 cm³/mol. The molecule has 0 aliphatic heterocycles. The lowest BCUT2D eigenvalue weighted by Crippen LogP contribution is -1.96. The molecule has 144 valence electrons. The largest absolute Gasteiger partial charge is 0.497 e. The summed E-state index contributed by atoms with van der Waals surface area (Å²) in [6, 6.07) is 15.0. The number of nitrogens with zero attached hydrogens (tertiary/aromatic N) is 6. The molecule has 0 spiro atoms. The second-order valence-corrected chi connectivity index (χ2v) is 6.00. The monoisotopic (exact) mass is 389 g/mol. The van der Waals surface area contributed by atoms with Gasteiger partial charge in [0, 0.05) is 23.9 Å². The molecule has 2 N–H and O–H groups in total. The fourth-order valence-electron chi connectivity index (χ4n) is 2.78. The highest BCUT2D eigenvalue weighted by molar-refractivity contribution is 5.78. The van der Waals surface area contributed by atoms with E-state index in [1.807, 2.05) is 0 Å². The maximum Gasteiger partial charge on any atom is 0.269 e. The average molecular weight is 389 g/mol. The number of aromatic nitrogens is 3. The first-order valence-corrected chi connectivity index (χ1v) is 8.50. The van der Waals surface area contributed by atoms with Crippen molar-refractivity contribution in [1.29, 1.82) is 0 Å². The van der Waals surface area contributed by atoms with Crippen LogP contribution in [0.15, 0.2) is 71.0 Å². The zero-order valence-electron chi connectivity index (χ0n) is 15.3. The summed E-state index contributed by atoms with van der Waals surface area (Å²) in [5.74, 6) is 0.887. The number of azo groups is 1. The summed E-state index contributed by atoms with van der Waals surface area (Å²) in [5, 5.41) is 23.6. The first kappa shape index (κ1) is 18.0. The molecule has 4 rings (SSSR count). The van der Waals surface area contributed by atoms with Gasteiger partial charge in [0.1, 0.15) is 5.75 Å². The molecule has 0 aliphatic rings. The summed E-state index contributed by atoms with van der Waals surface area (Å²) in [5.41, 5.74) is 8.83. The third kappa shape index (κ3) is 3.46. The molecule has 0 aliphatic carbocycles. The van der Waals surface area contributed by atoms with Gasteiger partial charge < -0.3 is 10.5 Å². The van der Waals surface area contributed by atoms with E-state index in [-0.39, 0.29) is 11.5 Å². The SMILES string of the molecule is COc1ccc(N=Nc2c(N)nn3c(-c4ccc([N+](=O)[O-])cc4)ccnc23)cc1. The van der Waals surface area contributed by atoms with Crippen LogP contribution in [0, 0.1) is 10.1 Å². The van der Waals surface area contributed by atoms with E-state index in [1.165, 1.54) is 12.1 Å². The van der Waals surface area contributed by atoms with Crippen molar-refractivity contribution in [2.24, 2.45) is 10.2 Å². The number of non-ortho nitro benzene ring substituents is 1. The molecule has 2 aromatic carbocycles. The number of nitro groups is 1. The van der Waals surface area contributed by atoms with Crippen LogP contribution in [0.1, 0.15) is 0 Å². The van der Waals surface area contributed by atoms with Gasteiger partial charge in [-0.05, 0) is 42.5 Å². The molecule has 0 saturated heterocycles. The van der Waals surface area contributed by atoms with Gasteiger partial charge >= 0.3 is 0 Å². The van der Waals surface area contributed by atoms with Gasteiger partial charge in [-0.15, -0.1) is 10.2 Å². The van der Waals surface area contributed by atoms with Gasteiger partial charge in [0.2, 0.25) is 0 Å². The smallest absolute Gasteiger partial charge is 0.269 e. The summed E-state index contributed by atoms with van der Waals surface area (Å²) < 4.78 is 6.66. The van der Waals surface area contributed by atoms with Crippen molar-refractivity contribution in [2.45, 2.75) is 0 Å². The highest BCUT2D eigenvalue weighted by Crippen LogP contribution is 2.31. The number of ether oxygens (including phenoxy) is 1. The van der Waals surface area contributed by atoms with Crippen LogP contribution in [-0.4, -0.2) is 26.6 Å². The molecule has 4 aromatic rings. The molecule has 2 aromatic heterocycles. The van der Waals surface area contributed by atoms with Gasteiger partial charge in [0.05, 0.1) is 23.4 Å². The number of methoxy groups -OCH3 is 1. The molecular weight excluding hydrogens is 374 g/mol. The minimum absolute atomic E-state index is 0.00742. The van der Waals surface area contributed by atoms with E-state index >= 15 is 0 Å². The number of nitrogens with two attached hydrogens (primary N) is 1. The summed E-state index contributed by atoms with van der Waals surface area (Å²) in [6.07, 6.45) is 1.60. The normalized spacial score (nSPS) is 11.2. The van der Waals surface area contributed by atoms with Crippen LogP contribution >= 0.6 is 0 Å². The Balaban J connectivity index is 1.73. The van der Waals surface area contributed by atoms with Gasteiger partial charge in [-0.25, -0.2) is 9.50 Å². The second-order valence-electron chi connectivity index (χ2n) is 6.00. The Morgan fingerprint density at radius 1 is 1.07 bits per heavy atom. The number of nitro benzene ring substituents is 1. The molecule has 0 radical (unpaired) electrons. The molecule has 0 bridgehead atoms. The first-order valence-electron chi connectivity index (χ1n) is 8.50. The third-order valence-corrected chi connectivity index (χ3v) is 4.23. The van der Waals surface area contributed by atoms with E-state index < -0.39 is 4.92 Å². The Morgan fingerprint density at radius 2 is 1.79 bits per heavy atom. The molecule has 10 nitrogen and oxygen atoms in total. The fourth-order valence-corrected chi connectivity index (χ4v) is 2.78. The minimum Gasteiger partial charge on any atom is -0.497 e. The van der Waals surface area contributed by atoms with Crippen LogP contribution in [0.5, 0.6) is 5.75 Å². The van der Waals surface area contributed by atoms with Crippen LogP contribution in [0.2, 0.25) is 0 Å². The fraction of sp³-hybridized carbons (Fsp3) is 0.0526. The van der Waals surface area contributed by atoms with Crippen molar-refractivity contribution < 1.29 is 9.66 Å². The maximum absolute atomic E-state index is 10.9. The van der Waals surface area contributed by atoms with E-state index in [0.717, 1.165) is 5.56 Å². The Morgan fingerprint density at radius 3 is 2.45 bits per heavy atom. The van der Waals surface area contributed by atoms with Crippen molar-refractivity contribution in [3.63, 3.8) is 0 Å². The van der Waals surface area contributed by atoms with E-state index in [0.29, 0.717) is 28.5 Å². The Bertz CT molecular complexity index is 1220. The topological polar surface area (TPSA) is 133 Å². The Hall–Kier alpha value is -4.34. The molecular formula is C19H15N7O3. The van der Waals surface area contributed by atoms with Crippen LogP contribution < -0.4 is 10.5 Å². The Kier molecular flexibility index (Phi) is 4.57. The van der Waals surface area contributed by atoms with Crippen LogP contribution in [0.4, 0.5) is 22.9 Å². The molecule has 0 saturated carbocycles. The number of hydrogen-bond acceptors (Lipinski definition) is 8. The predicted octanol–water partition coefficient (Wildman–Crippen LogP) is 4.31. The lowest BCUT2D eigenvalue weighted by atomic mass is 10.1. The summed E-state index contributed by atoms with van der Waals surface area (Å²) >= 11 is 0. The van der Waals surface area contributed by atoms with E-state index in [1.54, 1.807) is 60.3 Å². The van der Waals surface area contributed by atoms with Gasteiger partial charge in [0.25, 0.3) is 5.69 Å². The van der Waals surface area contributed by atoms with Crippen LogP contribution in [0.3, 0.4) is 0 Å². The van der Waals surface area contributed by atoms with Crippen LogP contribution in [0.25, 0.3) is 16.9 Å². The van der Waals surface area contributed by atoms with E-state index in [2.05, 4.69) is 20.3 Å². The number of anilines is 1. The molecule has 10 heteroatoms. The van der Waals surface area contributed by atoms with Crippen LogP contribution in [-0.2, 0) is 0 Å². The van der Waals surface area contributed by atoms with E-state index in [9.17, 15) is 10.1 Å². The van der Waals surface area contributed by atoms with Gasteiger partial charge in [-0.2, -0.15) is 5.11 Å². The maximum atomic E-state index is 10.9. The number of benzene rings is 2. The Labute approximate surface area is 164 Å². The van der Waals surface area contributed by atoms with E-state index in [4.69, 9.17) is 10.5 Å². The molecule has 0 atom stereocenters. The second kappa shape index (κ2) is 7.35. The van der Waals surface area contributed by atoms with Gasteiger partial charge in [0.15, 0.2) is 17.2 Å². The van der Waals surface area contributed by atoms with Crippen molar-refractivity contribution >= 4 is 28.5 Å². The third-order valence-electron chi connectivity index (χ3n) is 4.23. The highest BCUT2D eigenvalue weighted by Gasteiger charge is 2.15. The quantitative estimate of drug-likeness (QED) is 0.307. The summed E-state index contributed by atoms with van der Waals surface area (Å²) in [6.45, 7) is 0. The van der Waals surface area contributed by atoms with Crippen molar-refractivity contribution in [3.8, 4) is 17.0 Å². The molecule has 0 amide bonds. The van der Waals surface area contributed by atoms with Crippen molar-refractivity contribution in [1.82, 2.24) is 14.6 Å². The lowest BCUT2D eigenvalue weighted by Gasteiger charge is -2.04. The van der Waals surface area contributed by atoms with Crippen molar-refractivity contribution in [3.05, 3.63) is 70.9 Å². The molecule has 29 heavy (non-hydrogen) atoms. The number of fused-ring (bicyclic) bond motifs is 1. The molecule has 2 heterocycles. The standard InChI is InChI=1S/C19H15N7O3/c1-29-15-8-4-13(5-9-15)22-23-17-18(20)24-25-16(10-11-21-19(17)25)12-2-6-14(7-3-12)26(27)28/h2-11H,1H3,(H2,20,24).